The zero-order valence-electron chi connectivity index (χ0n) is 16.7. The Morgan fingerprint density at radius 3 is 2.41 bits per heavy atom. The van der Waals surface area contributed by atoms with Gasteiger partial charge in [-0.25, -0.2) is 4.79 Å². The lowest BCUT2D eigenvalue weighted by Crippen LogP contribution is -2.20. The van der Waals surface area contributed by atoms with Gasteiger partial charge in [0, 0.05) is 22.2 Å². The molecule has 0 N–H and O–H groups in total. The second kappa shape index (κ2) is 9.52. The number of carbonyl (C=O) groups excluding carboxylic acids is 2. The van der Waals surface area contributed by atoms with Gasteiger partial charge in [-0.3, -0.25) is 14.9 Å². The molecule has 0 bridgehead atoms. The number of aryl methyl sites for hydroxylation is 2. The maximum absolute atomic E-state index is 12.2. The van der Waals surface area contributed by atoms with Gasteiger partial charge in [-0.1, -0.05) is 37.6 Å². The molecule has 0 saturated heterocycles. The van der Waals surface area contributed by atoms with Gasteiger partial charge in [-0.15, -0.1) is 0 Å². The first kappa shape index (κ1) is 22.4. The number of rotatable bonds is 8. The molecule has 0 aliphatic rings. The number of benzene rings is 2. The van der Waals surface area contributed by atoms with Crippen LogP contribution in [-0.4, -0.2) is 29.9 Å². The van der Waals surface area contributed by atoms with E-state index in [1.165, 1.54) is 18.2 Å². The van der Waals surface area contributed by atoms with Crippen LogP contribution in [0.1, 0.15) is 46.8 Å². The number of ether oxygens (including phenoxy) is 2. The van der Waals surface area contributed by atoms with Crippen molar-refractivity contribution in [1.29, 1.82) is 0 Å². The Kier molecular flexibility index (Phi) is 7.34. The Hall–Kier alpha value is -2.93. The summed E-state index contributed by atoms with van der Waals surface area (Å²) in [5.41, 5.74) is 2.06. The maximum atomic E-state index is 12.2. The third kappa shape index (κ3) is 5.77. The standard InChI is InChI=1S/C21H22ClNO6/c1-12(2)16-9-17(22)14(4)7-20(16)28-11-21(25)29-10-19(24)15-6-5-13(3)18(8-15)23(26)27/h5-9,12H,10-11H2,1-4H3. The highest BCUT2D eigenvalue weighted by molar-refractivity contribution is 6.31. The molecule has 0 spiro atoms. The van der Waals surface area contributed by atoms with Gasteiger partial charge in [0.2, 0.25) is 5.78 Å². The van der Waals surface area contributed by atoms with E-state index in [0.717, 1.165) is 11.1 Å². The number of hydrogen-bond donors (Lipinski definition) is 0. The Balaban J connectivity index is 1.97. The van der Waals surface area contributed by atoms with E-state index >= 15 is 0 Å². The summed E-state index contributed by atoms with van der Waals surface area (Å²) in [5, 5.41) is 11.6. The summed E-state index contributed by atoms with van der Waals surface area (Å²) in [4.78, 5) is 34.6. The van der Waals surface area contributed by atoms with Gasteiger partial charge in [-0.2, -0.15) is 0 Å². The SMILES string of the molecule is Cc1cc(OCC(=O)OCC(=O)c2ccc(C)c([N+](=O)[O-])c2)c(C(C)C)cc1Cl. The quantitative estimate of drug-likeness (QED) is 0.264. The van der Waals surface area contributed by atoms with Crippen molar-refractivity contribution < 1.29 is 24.0 Å². The molecule has 0 aliphatic carbocycles. The molecule has 7 nitrogen and oxygen atoms in total. The van der Waals surface area contributed by atoms with Gasteiger partial charge in [0.1, 0.15) is 5.75 Å². The number of hydrogen-bond acceptors (Lipinski definition) is 6. The Morgan fingerprint density at radius 1 is 1.10 bits per heavy atom. The van der Waals surface area contributed by atoms with E-state index in [9.17, 15) is 19.7 Å². The summed E-state index contributed by atoms with van der Waals surface area (Å²) in [7, 11) is 0. The highest BCUT2D eigenvalue weighted by atomic mass is 35.5. The second-order valence-corrected chi connectivity index (χ2v) is 7.33. The minimum Gasteiger partial charge on any atom is -0.482 e. The van der Waals surface area contributed by atoms with E-state index in [4.69, 9.17) is 21.1 Å². The summed E-state index contributed by atoms with van der Waals surface area (Å²) >= 11 is 6.15. The largest absolute Gasteiger partial charge is 0.482 e. The van der Waals surface area contributed by atoms with Crippen molar-refractivity contribution in [3.63, 3.8) is 0 Å². The number of halogens is 1. The van der Waals surface area contributed by atoms with Gasteiger partial charge in [-0.05, 0) is 43.0 Å². The van der Waals surface area contributed by atoms with Crippen molar-refractivity contribution >= 4 is 29.0 Å². The Bertz CT molecular complexity index is 954. The average molecular weight is 420 g/mol. The second-order valence-electron chi connectivity index (χ2n) is 6.92. The lowest BCUT2D eigenvalue weighted by Gasteiger charge is -2.15. The fourth-order valence-electron chi connectivity index (χ4n) is 2.63. The Labute approximate surface area is 173 Å². The molecule has 0 amide bonds. The van der Waals surface area contributed by atoms with Crippen LogP contribution in [0.5, 0.6) is 5.75 Å². The number of ketones is 1. The molecule has 0 atom stereocenters. The first-order chi connectivity index (χ1) is 13.6. The molecule has 2 aromatic rings. The predicted molar refractivity (Wildman–Crippen MR) is 109 cm³/mol. The van der Waals surface area contributed by atoms with Crippen LogP contribution in [0, 0.1) is 24.0 Å². The first-order valence-electron chi connectivity index (χ1n) is 8.96. The van der Waals surface area contributed by atoms with E-state index in [0.29, 0.717) is 16.3 Å². The van der Waals surface area contributed by atoms with E-state index in [2.05, 4.69) is 0 Å². The van der Waals surface area contributed by atoms with Crippen LogP contribution in [0.2, 0.25) is 5.02 Å². The zero-order valence-corrected chi connectivity index (χ0v) is 17.4. The van der Waals surface area contributed by atoms with Crippen molar-refractivity contribution in [3.8, 4) is 5.75 Å². The molecule has 29 heavy (non-hydrogen) atoms. The van der Waals surface area contributed by atoms with Crippen molar-refractivity contribution in [2.24, 2.45) is 0 Å². The molecule has 2 rings (SSSR count). The van der Waals surface area contributed by atoms with Crippen molar-refractivity contribution in [2.75, 3.05) is 13.2 Å². The maximum Gasteiger partial charge on any atom is 0.344 e. The number of esters is 1. The summed E-state index contributed by atoms with van der Waals surface area (Å²) < 4.78 is 10.5. The minimum atomic E-state index is -0.720. The predicted octanol–water partition coefficient (Wildman–Crippen LogP) is 4.79. The lowest BCUT2D eigenvalue weighted by atomic mass is 10.0. The fraction of sp³-hybridized carbons (Fsp3) is 0.333. The molecular formula is C21H22ClNO6. The van der Waals surface area contributed by atoms with Gasteiger partial charge in [0.15, 0.2) is 13.2 Å². The molecule has 0 aliphatic heterocycles. The van der Waals surface area contributed by atoms with Crippen LogP contribution < -0.4 is 4.74 Å². The van der Waals surface area contributed by atoms with Crippen LogP contribution >= 0.6 is 11.6 Å². The van der Waals surface area contributed by atoms with Crippen LogP contribution in [0.3, 0.4) is 0 Å². The van der Waals surface area contributed by atoms with Crippen molar-refractivity contribution in [1.82, 2.24) is 0 Å². The van der Waals surface area contributed by atoms with Crippen molar-refractivity contribution in [3.05, 3.63) is 67.7 Å². The normalized spacial score (nSPS) is 10.7. The van der Waals surface area contributed by atoms with Crippen LogP contribution in [0.4, 0.5) is 5.69 Å². The van der Waals surface area contributed by atoms with Gasteiger partial charge in [0.05, 0.1) is 4.92 Å². The topological polar surface area (TPSA) is 95.7 Å². The Morgan fingerprint density at radius 2 is 1.79 bits per heavy atom. The lowest BCUT2D eigenvalue weighted by molar-refractivity contribution is -0.385. The molecular weight excluding hydrogens is 398 g/mol. The molecule has 0 saturated carbocycles. The number of nitrogens with zero attached hydrogens (tertiary/aromatic N) is 1. The number of Topliss-reactive ketones (excluding diaryl/α,β-unsaturated/α-hetero) is 1. The van der Waals surface area contributed by atoms with Gasteiger partial charge >= 0.3 is 5.97 Å². The number of nitro groups is 1. The number of nitro benzene ring substituents is 1. The van der Waals surface area contributed by atoms with E-state index in [1.54, 1.807) is 19.1 Å². The van der Waals surface area contributed by atoms with Gasteiger partial charge in [0.25, 0.3) is 5.69 Å². The summed E-state index contributed by atoms with van der Waals surface area (Å²) in [6.07, 6.45) is 0. The van der Waals surface area contributed by atoms with Crippen molar-refractivity contribution in [2.45, 2.75) is 33.6 Å². The van der Waals surface area contributed by atoms with Crippen LogP contribution in [0.25, 0.3) is 0 Å². The molecule has 8 heteroatoms. The molecule has 2 aromatic carbocycles. The minimum absolute atomic E-state index is 0.103. The molecule has 0 radical (unpaired) electrons. The fourth-order valence-corrected chi connectivity index (χ4v) is 2.81. The molecule has 0 fully saturated rings. The smallest absolute Gasteiger partial charge is 0.344 e. The van der Waals surface area contributed by atoms with Gasteiger partial charge < -0.3 is 9.47 Å². The van der Waals surface area contributed by atoms with Crippen LogP contribution in [-0.2, 0) is 9.53 Å². The summed E-state index contributed by atoms with van der Waals surface area (Å²) in [6.45, 7) is 6.46. The summed E-state index contributed by atoms with van der Waals surface area (Å²) in [5.74, 6) is -0.591. The summed E-state index contributed by atoms with van der Waals surface area (Å²) in [6, 6.07) is 7.66. The molecule has 0 aromatic heterocycles. The highest BCUT2D eigenvalue weighted by Gasteiger charge is 2.17. The number of carbonyl (C=O) groups is 2. The molecule has 154 valence electrons. The average Bonchev–Trinajstić information content (AvgIpc) is 2.66. The van der Waals surface area contributed by atoms with E-state index < -0.39 is 23.3 Å². The highest BCUT2D eigenvalue weighted by Crippen LogP contribution is 2.32. The van der Waals surface area contributed by atoms with E-state index in [1.807, 2.05) is 20.8 Å². The third-order valence-corrected chi connectivity index (χ3v) is 4.76. The van der Waals surface area contributed by atoms with E-state index in [-0.39, 0.29) is 23.8 Å². The van der Waals surface area contributed by atoms with Crippen LogP contribution in [0.15, 0.2) is 30.3 Å². The zero-order chi connectivity index (χ0) is 21.7. The molecule has 0 unspecified atom stereocenters. The monoisotopic (exact) mass is 419 g/mol. The molecule has 0 heterocycles. The third-order valence-electron chi connectivity index (χ3n) is 4.35. The first-order valence-corrected chi connectivity index (χ1v) is 9.34.